The Morgan fingerprint density at radius 2 is 1.83 bits per heavy atom. The number of hydrogen-bond acceptors (Lipinski definition) is 3. The van der Waals surface area contributed by atoms with Crippen molar-refractivity contribution in [2.75, 3.05) is 13.1 Å². The zero-order valence-electron chi connectivity index (χ0n) is 17.1. The van der Waals surface area contributed by atoms with Crippen molar-refractivity contribution in [3.63, 3.8) is 0 Å². The van der Waals surface area contributed by atoms with Crippen LogP contribution in [0.1, 0.15) is 58.8 Å². The van der Waals surface area contributed by atoms with Gasteiger partial charge in [0, 0.05) is 37.9 Å². The maximum atomic E-state index is 12.6. The average molecular weight is 392 g/mol. The van der Waals surface area contributed by atoms with E-state index in [1.807, 2.05) is 62.4 Å². The highest BCUT2D eigenvalue weighted by atomic mass is 16.2. The van der Waals surface area contributed by atoms with Gasteiger partial charge in [-0.25, -0.2) is 0 Å². The van der Waals surface area contributed by atoms with Crippen LogP contribution in [0.25, 0.3) is 0 Å². The average Bonchev–Trinajstić information content (AvgIpc) is 3.12. The minimum absolute atomic E-state index is 0.0210. The summed E-state index contributed by atoms with van der Waals surface area (Å²) in [5.74, 6) is -0.0678. The van der Waals surface area contributed by atoms with Crippen LogP contribution in [0.5, 0.6) is 0 Å². The van der Waals surface area contributed by atoms with Gasteiger partial charge in [0.15, 0.2) is 5.78 Å². The molecule has 1 aliphatic heterocycles. The number of nitrogens with zero attached hydrogens (tertiary/aromatic N) is 1. The molecule has 1 heterocycles. The lowest BCUT2D eigenvalue weighted by Crippen LogP contribution is -2.38. The van der Waals surface area contributed by atoms with Gasteiger partial charge in [-0.2, -0.15) is 0 Å². The van der Waals surface area contributed by atoms with Gasteiger partial charge in [-0.3, -0.25) is 14.4 Å². The Morgan fingerprint density at radius 3 is 2.52 bits per heavy atom. The van der Waals surface area contributed by atoms with E-state index in [1.165, 1.54) is 0 Å². The third-order valence-electron chi connectivity index (χ3n) is 5.38. The van der Waals surface area contributed by atoms with Crippen LogP contribution in [0.4, 0.5) is 0 Å². The van der Waals surface area contributed by atoms with Crippen LogP contribution >= 0.6 is 0 Å². The molecule has 5 nitrogen and oxygen atoms in total. The second-order valence-electron chi connectivity index (χ2n) is 7.72. The van der Waals surface area contributed by atoms with Crippen molar-refractivity contribution >= 4 is 17.6 Å². The Labute approximate surface area is 172 Å². The third-order valence-corrected chi connectivity index (χ3v) is 5.38. The summed E-state index contributed by atoms with van der Waals surface area (Å²) in [6.45, 7) is 5.04. The number of amides is 2. The molecule has 0 saturated carbocycles. The van der Waals surface area contributed by atoms with Gasteiger partial charge in [-0.1, -0.05) is 48.0 Å². The van der Waals surface area contributed by atoms with E-state index in [4.69, 9.17) is 0 Å². The van der Waals surface area contributed by atoms with Crippen LogP contribution in [0.2, 0.25) is 0 Å². The highest BCUT2D eigenvalue weighted by Crippen LogP contribution is 2.19. The van der Waals surface area contributed by atoms with Crippen LogP contribution in [-0.4, -0.2) is 35.6 Å². The molecular formula is C24H28N2O3. The number of carbonyl (C=O) groups is 3. The molecule has 2 aromatic rings. The number of ketones is 1. The summed E-state index contributed by atoms with van der Waals surface area (Å²) in [7, 11) is 0. The Kier molecular flexibility index (Phi) is 6.81. The number of nitrogens with one attached hydrogen (secondary N) is 1. The summed E-state index contributed by atoms with van der Waals surface area (Å²) in [5.41, 5.74) is 3.60. The second-order valence-corrected chi connectivity index (χ2v) is 7.72. The molecule has 0 bridgehead atoms. The molecule has 1 aliphatic rings. The van der Waals surface area contributed by atoms with Gasteiger partial charge in [0.05, 0.1) is 6.04 Å². The van der Waals surface area contributed by atoms with Crippen molar-refractivity contribution in [2.24, 2.45) is 0 Å². The minimum Gasteiger partial charge on any atom is -0.347 e. The van der Waals surface area contributed by atoms with Crippen molar-refractivity contribution in [1.29, 1.82) is 0 Å². The largest absolute Gasteiger partial charge is 0.347 e. The maximum Gasteiger partial charge on any atom is 0.222 e. The van der Waals surface area contributed by atoms with Gasteiger partial charge in [0.1, 0.15) is 0 Å². The SMILES string of the molecule is Cc1ccc(C)c(C(=O)CCC(=O)N[C@@H](CN2CCCC2=O)c2ccccc2)c1. The first kappa shape index (κ1) is 20.8. The van der Waals surface area contributed by atoms with E-state index in [2.05, 4.69) is 5.32 Å². The topological polar surface area (TPSA) is 66.5 Å². The predicted octanol–water partition coefficient (Wildman–Crippen LogP) is 3.75. The molecule has 1 saturated heterocycles. The molecule has 5 heteroatoms. The van der Waals surface area contributed by atoms with Crippen molar-refractivity contribution in [3.8, 4) is 0 Å². The van der Waals surface area contributed by atoms with E-state index in [-0.39, 0.29) is 36.5 Å². The standard InChI is InChI=1S/C24H28N2O3/c1-17-10-11-18(2)20(15-17)22(27)12-13-23(28)25-21(19-7-4-3-5-8-19)16-26-14-6-9-24(26)29/h3-5,7-8,10-11,15,21H,6,9,12-14,16H2,1-2H3,(H,25,28)/t21-/m0/s1. The number of benzene rings is 2. The van der Waals surface area contributed by atoms with Crippen molar-refractivity contribution in [1.82, 2.24) is 10.2 Å². The summed E-state index contributed by atoms with van der Waals surface area (Å²) in [4.78, 5) is 39.0. The lowest BCUT2D eigenvalue weighted by molar-refractivity contribution is -0.129. The second kappa shape index (κ2) is 9.50. The van der Waals surface area contributed by atoms with Gasteiger partial charge >= 0.3 is 0 Å². The van der Waals surface area contributed by atoms with Crippen molar-refractivity contribution < 1.29 is 14.4 Å². The number of Topliss-reactive ketones (excluding diaryl/α,β-unsaturated/α-hetero) is 1. The fourth-order valence-corrected chi connectivity index (χ4v) is 3.70. The molecule has 29 heavy (non-hydrogen) atoms. The molecule has 0 aliphatic carbocycles. The van der Waals surface area contributed by atoms with Gasteiger partial charge < -0.3 is 10.2 Å². The zero-order chi connectivity index (χ0) is 20.8. The molecule has 152 valence electrons. The summed E-state index contributed by atoms with van der Waals surface area (Å²) in [6.07, 6.45) is 1.72. The van der Waals surface area contributed by atoms with E-state index in [0.717, 1.165) is 29.7 Å². The monoisotopic (exact) mass is 392 g/mol. The minimum atomic E-state index is -0.276. The number of aryl methyl sites for hydroxylation is 2. The third kappa shape index (κ3) is 5.53. The molecular weight excluding hydrogens is 364 g/mol. The molecule has 0 spiro atoms. The van der Waals surface area contributed by atoms with Crippen LogP contribution in [-0.2, 0) is 9.59 Å². The first-order valence-electron chi connectivity index (χ1n) is 10.2. The summed E-state index contributed by atoms with van der Waals surface area (Å²) >= 11 is 0. The van der Waals surface area contributed by atoms with E-state index < -0.39 is 0 Å². The lowest BCUT2D eigenvalue weighted by atomic mass is 9.99. The molecule has 3 rings (SSSR count). The van der Waals surface area contributed by atoms with Gasteiger partial charge in [-0.05, 0) is 37.5 Å². The molecule has 0 unspecified atom stereocenters. The molecule has 1 N–H and O–H groups in total. The van der Waals surface area contributed by atoms with E-state index >= 15 is 0 Å². The molecule has 1 fully saturated rings. The Balaban J connectivity index is 1.62. The summed E-state index contributed by atoms with van der Waals surface area (Å²) in [6, 6.07) is 15.2. The maximum absolute atomic E-state index is 12.6. The van der Waals surface area contributed by atoms with Crippen LogP contribution in [0, 0.1) is 13.8 Å². The van der Waals surface area contributed by atoms with Gasteiger partial charge in [0.25, 0.3) is 0 Å². The Morgan fingerprint density at radius 1 is 1.07 bits per heavy atom. The first-order valence-corrected chi connectivity index (χ1v) is 10.2. The number of likely N-dealkylation sites (tertiary alicyclic amines) is 1. The highest BCUT2D eigenvalue weighted by Gasteiger charge is 2.25. The highest BCUT2D eigenvalue weighted by molar-refractivity contribution is 5.99. The number of rotatable bonds is 8. The Hall–Kier alpha value is -2.95. The molecule has 2 aromatic carbocycles. The fraction of sp³-hybridized carbons (Fsp3) is 0.375. The summed E-state index contributed by atoms with van der Waals surface area (Å²) in [5, 5.41) is 3.03. The van der Waals surface area contributed by atoms with Crippen LogP contribution in [0.15, 0.2) is 48.5 Å². The van der Waals surface area contributed by atoms with Gasteiger partial charge in [0.2, 0.25) is 11.8 Å². The van der Waals surface area contributed by atoms with Crippen molar-refractivity contribution in [3.05, 3.63) is 70.8 Å². The van der Waals surface area contributed by atoms with Gasteiger partial charge in [-0.15, -0.1) is 0 Å². The number of carbonyl (C=O) groups excluding carboxylic acids is 3. The fourth-order valence-electron chi connectivity index (χ4n) is 3.70. The first-order chi connectivity index (χ1) is 13.9. The quantitative estimate of drug-likeness (QED) is 0.696. The van der Waals surface area contributed by atoms with E-state index in [9.17, 15) is 14.4 Å². The molecule has 0 radical (unpaired) electrons. The van der Waals surface area contributed by atoms with E-state index in [1.54, 1.807) is 4.90 Å². The Bertz CT molecular complexity index is 892. The normalized spacial score (nSPS) is 14.7. The zero-order valence-corrected chi connectivity index (χ0v) is 17.1. The van der Waals surface area contributed by atoms with E-state index in [0.29, 0.717) is 18.5 Å². The predicted molar refractivity (Wildman–Crippen MR) is 113 cm³/mol. The molecule has 1 atom stereocenters. The lowest BCUT2D eigenvalue weighted by Gasteiger charge is -2.25. The van der Waals surface area contributed by atoms with Crippen LogP contribution < -0.4 is 5.32 Å². The molecule has 0 aromatic heterocycles. The molecule has 2 amide bonds. The summed E-state index contributed by atoms with van der Waals surface area (Å²) < 4.78 is 0. The van der Waals surface area contributed by atoms with Crippen LogP contribution in [0.3, 0.4) is 0 Å². The smallest absolute Gasteiger partial charge is 0.222 e. The van der Waals surface area contributed by atoms with Crippen molar-refractivity contribution in [2.45, 2.75) is 45.6 Å². The number of hydrogen-bond donors (Lipinski definition) is 1.